The minimum atomic E-state index is -1.09. The number of carbonyl (C=O) groups is 1. The summed E-state index contributed by atoms with van der Waals surface area (Å²) in [6, 6.07) is 9.18. The number of aromatic hydroxyl groups is 1. The molecule has 0 aromatic heterocycles. The Kier molecular flexibility index (Phi) is 4.57. The molecule has 0 bridgehead atoms. The molecule has 0 radical (unpaired) electrons. The fraction of sp³-hybridized carbons (Fsp3) is 0.133. The molecular weight excluding hydrogens is 288 g/mol. The summed E-state index contributed by atoms with van der Waals surface area (Å²) in [4.78, 5) is 11.1. The van der Waals surface area contributed by atoms with Crippen LogP contribution in [0.15, 0.2) is 46.6 Å². The fourth-order valence-corrected chi connectivity index (χ4v) is 1.79. The van der Waals surface area contributed by atoms with E-state index in [2.05, 4.69) is 10.2 Å². The molecule has 2 N–H and O–H groups in total. The maximum Gasteiger partial charge on any atom is 0.337 e. The van der Waals surface area contributed by atoms with Gasteiger partial charge in [-0.05, 0) is 12.1 Å². The number of phenolic OH excluding ortho intramolecular Hbond substituents is 1. The van der Waals surface area contributed by atoms with Crippen LogP contribution in [0.3, 0.4) is 0 Å². The maximum atomic E-state index is 11.1. The van der Waals surface area contributed by atoms with Crippen LogP contribution in [0.2, 0.25) is 0 Å². The van der Waals surface area contributed by atoms with Crippen LogP contribution in [0.25, 0.3) is 0 Å². The highest BCUT2D eigenvalue weighted by Gasteiger charge is 2.12. The van der Waals surface area contributed by atoms with E-state index in [0.717, 1.165) is 0 Å². The number of carboxylic acids is 1. The van der Waals surface area contributed by atoms with E-state index in [1.54, 1.807) is 18.2 Å². The quantitative estimate of drug-likeness (QED) is 0.823. The number of benzene rings is 2. The molecule has 0 saturated carbocycles. The molecule has 7 nitrogen and oxygen atoms in total. The molecule has 0 atom stereocenters. The zero-order valence-corrected chi connectivity index (χ0v) is 12.0. The molecule has 7 heteroatoms. The number of aromatic carboxylic acids is 1. The molecule has 2 aromatic carbocycles. The highest BCUT2D eigenvalue weighted by Crippen LogP contribution is 2.40. The number of hydrogen-bond donors (Lipinski definition) is 2. The minimum absolute atomic E-state index is 0.0453. The second-order valence-electron chi connectivity index (χ2n) is 4.22. The van der Waals surface area contributed by atoms with Crippen LogP contribution in [-0.4, -0.2) is 30.4 Å². The Bertz CT molecular complexity index is 703. The second kappa shape index (κ2) is 6.57. The van der Waals surface area contributed by atoms with Crippen molar-refractivity contribution < 1.29 is 24.5 Å². The highest BCUT2D eigenvalue weighted by atomic mass is 16.5. The SMILES string of the molecule is COc1cc(N=Nc2ccccc2C(=O)O)cc(OC)c1O. The summed E-state index contributed by atoms with van der Waals surface area (Å²) >= 11 is 0. The fourth-order valence-electron chi connectivity index (χ4n) is 1.79. The molecule has 0 amide bonds. The molecule has 0 unspecified atom stereocenters. The number of nitrogens with zero attached hydrogens (tertiary/aromatic N) is 2. The van der Waals surface area contributed by atoms with Gasteiger partial charge in [0.15, 0.2) is 11.5 Å². The number of hydrogen-bond acceptors (Lipinski definition) is 6. The van der Waals surface area contributed by atoms with Crippen molar-refractivity contribution in [3.05, 3.63) is 42.0 Å². The molecule has 0 spiro atoms. The van der Waals surface area contributed by atoms with E-state index < -0.39 is 5.97 Å². The van der Waals surface area contributed by atoms with Gasteiger partial charge < -0.3 is 19.7 Å². The normalized spacial score (nSPS) is 10.6. The number of azo groups is 1. The van der Waals surface area contributed by atoms with Crippen LogP contribution in [0.4, 0.5) is 11.4 Å². The maximum absolute atomic E-state index is 11.1. The zero-order valence-electron chi connectivity index (χ0n) is 12.0. The smallest absolute Gasteiger partial charge is 0.337 e. The largest absolute Gasteiger partial charge is 0.502 e. The summed E-state index contributed by atoms with van der Waals surface area (Å²) in [7, 11) is 2.80. The zero-order chi connectivity index (χ0) is 16.1. The van der Waals surface area contributed by atoms with E-state index in [1.165, 1.54) is 32.4 Å². The Morgan fingerprint density at radius 2 is 1.64 bits per heavy atom. The van der Waals surface area contributed by atoms with Crippen LogP contribution >= 0.6 is 0 Å². The lowest BCUT2D eigenvalue weighted by atomic mass is 10.2. The number of carboxylic acid groups (broad SMARTS) is 1. The van der Waals surface area contributed by atoms with Gasteiger partial charge in [0.25, 0.3) is 0 Å². The summed E-state index contributed by atoms with van der Waals surface area (Å²) in [5.41, 5.74) is 0.622. The van der Waals surface area contributed by atoms with E-state index in [4.69, 9.17) is 14.6 Å². The van der Waals surface area contributed by atoms with Gasteiger partial charge in [-0.3, -0.25) is 0 Å². The van der Waals surface area contributed by atoms with E-state index >= 15 is 0 Å². The molecular formula is C15H14N2O5. The van der Waals surface area contributed by atoms with Gasteiger partial charge in [-0.1, -0.05) is 12.1 Å². The Morgan fingerprint density at radius 3 is 2.18 bits per heavy atom. The van der Waals surface area contributed by atoms with Gasteiger partial charge in [-0.25, -0.2) is 4.79 Å². The van der Waals surface area contributed by atoms with Gasteiger partial charge in [0.2, 0.25) is 5.75 Å². The van der Waals surface area contributed by atoms with Crippen molar-refractivity contribution in [3.8, 4) is 17.2 Å². The molecule has 114 valence electrons. The molecule has 0 heterocycles. The Balaban J connectivity index is 2.41. The van der Waals surface area contributed by atoms with Gasteiger partial charge in [0, 0.05) is 12.1 Å². The third kappa shape index (κ3) is 3.14. The summed E-state index contributed by atoms with van der Waals surface area (Å²) in [5, 5.41) is 26.8. The minimum Gasteiger partial charge on any atom is -0.502 e. The van der Waals surface area contributed by atoms with E-state index in [0.29, 0.717) is 5.69 Å². The molecule has 0 fully saturated rings. The molecule has 0 saturated heterocycles. The van der Waals surface area contributed by atoms with E-state index in [9.17, 15) is 9.90 Å². The van der Waals surface area contributed by atoms with E-state index in [-0.39, 0.29) is 28.5 Å². The van der Waals surface area contributed by atoms with Gasteiger partial charge in [0.1, 0.15) is 5.69 Å². The van der Waals surface area contributed by atoms with E-state index in [1.807, 2.05) is 0 Å². The summed E-state index contributed by atoms with van der Waals surface area (Å²) in [5.74, 6) is -0.870. The van der Waals surface area contributed by atoms with Crippen LogP contribution < -0.4 is 9.47 Å². The average molecular weight is 302 g/mol. The molecule has 0 aliphatic heterocycles. The number of ether oxygens (including phenoxy) is 2. The van der Waals surface area contributed by atoms with Crippen molar-refractivity contribution in [2.75, 3.05) is 14.2 Å². The van der Waals surface area contributed by atoms with Crippen molar-refractivity contribution in [2.45, 2.75) is 0 Å². The molecule has 22 heavy (non-hydrogen) atoms. The third-order valence-corrected chi connectivity index (χ3v) is 2.87. The number of phenols is 1. The van der Waals surface area contributed by atoms with Crippen molar-refractivity contribution in [2.24, 2.45) is 10.2 Å². The van der Waals surface area contributed by atoms with Crippen LogP contribution in [0, 0.1) is 0 Å². The predicted molar refractivity (Wildman–Crippen MR) is 78.8 cm³/mol. The topological polar surface area (TPSA) is 101 Å². The monoisotopic (exact) mass is 302 g/mol. The number of rotatable bonds is 5. The van der Waals surface area contributed by atoms with Crippen molar-refractivity contribution >= 4 is 17.3 Å². The first kappa shape index (κ1) is 15.3. The Labute approximate surface area is 126 Å². The second-order valence-corrected chi connectivity index (χ2v) is 4.22. The molecule has 0 aliphatic carbocycles. The highest BCUT2D eigenvalue weighted by molar-refractivity contribution is 5.93. The lowest BCUT2D eigenvalue weighted by molar-refractivity contribution is 0.0697. The summed E-state index contributed by atoms with van der Waals surface area (Å²) < 4.78 is 10.0. The summed E-state index contributed by atoms with van der Waals surface area (Å²) in [6.45, 7) is 0. The van der Waals surface area contributed by atoms with Crippen LogP contribution in [0.1, 0.15) is 10.4 Å². The van der Waals surface area contributed by atoms with Crippen molar-refractivity contribution in [3.63, 3.8) is 0 Å². The lowest BCUT2D eigenvalue weighted by Crippen LogP contribution is -1.95. The molecule has 2 aromatic rings. The van der Waals surface area contributed by atoms with Crippen LogP contribution in [0.5, 0.6) is 17.2 Å². The first-order chi connectivity index (χ1) is 10.6. The van der Waals surface area contributed by atoms with Crippen LogP contribution in [-0.2, 0) is 0 Å². The van der Waals surface area contributed by atoms with Gasteiger partial charge in [0.05, 0.1) is 25.5 Å². The molecule has 2 rings (SSSR count). The first-order valence-electron chi connectivity index (χ1n) is 6.26. The standard InChI is InChI=1S/C15H14N2O5/c1-21-12-7-9(8-13(22-2)14(12)18)16-17-11-6-4-3-5-10(11)15(19)20/h3-8,18H,1-2H3,(H,19,20). The first-order valence-corrected chi connectivity index (χ1v) is 6.26. The van der Waals surface area contributed by atoms with Crippen molar-refractivity contribution in [1.29, 1.82) is 0 Å². The Hall–Kier alpha value is -3.09. The number of methoxy groups -OCH3 is 2. The van der Waals surface area contributed by atoms with Gasteiger partial charge in [-0.2, -0.15) is 5.11 Å². The third-order valence-electron chi connectivity index (χ3n) is 2.87. The Morgan fingerprint density at radius 1 is 1.05 bits per heavy atom. The predicted octanol–water partition coefficient (Wildman–Crippen LogP) is 3.52. The lowest BCUT2D eigenvalue weighted by Gasteiger charge is -2.08. The average Bonchev–Trinajstić information content (AvgIpc) is 2.53. The molecule has 0 aliphatic rings. The van der Waals surface area contributed by atoms with Gasteiger partial charge >= 0.3 is 5.97 Å². The summed E-state index contributed by atoms with van der Waals surface area (Å²) in [6.07, 6.45) is 0. The van der Waals surface area contributed by atoms with Gasteiger partial charge in [-0.15, -0.1) is 5.11 Å². The van der Waals surface area contributed by atoms with Crippen molar-refractivity contribution in [1.82, 2.24) is 0 Å².